The Morgan fingerprint density at radius 3 is 3.08 bits per heavy atom. The zero-order valence-electron chi connectivity index (χ0n) is 14.5. The smallest absolute Gasteiger partial charge is 0.253 e. The second-order valence-electron chi connectivity index (χ2n) is 7.01. The fraction of sp³-hybridized carbons (Fsp3) is 0.526. The number of fused-ring (bicyclic) bond motifs is 1. The number of ether oxygens (including phenoxy) is 1. The van der Waals surface area contributed by atoms with E-state index in [1.54, 1.807) is 25.7 Å². The van der Waals surface area contributed by atoms with Crippen LogP contribution in [-0.4, -0.2) is 59.2 Å². The second kappa shape index (κ2) is 7.06. The molecule has 3 heterocycles. The lowest BCUT2D eigenvalue weighted by atomic mass is 10.1. The van der Waals surface area contributed by atoms with Crippen LogP contribution in [0.3, 0.4) is 0 Å². The predicted octanol–water partition coefficient (Wildman–Crippen LogP) is 2.00. The van der Waals surface area contributed by atoms with E-state index in [-0.39, 0.29) is 11.9 Å². The van der Waals surface area contributed by atoms with Gasteiger partial charge in [0.2, 0.25) is 0 Å². The molecular weight excluding hydrogens is 316 g/mol. The summed E-state index contributed by atoms with van der Waals surface area (Å²) in [5.41, 5.74) is 1.42. The van der Waals surface area contributed by atoms with Crippen LogP contribution in [0, 0.1) is 0 Å². The summed E-state index contributed by atoms with van der Waals surface area (Å²) in [5, 5.41) is 4.18. The Labute approximate surface area is 147 Å². The van der Waals surface area contributed by atoms with E-state index in [9.17, 15) is 4.79 Å². The van der Waals surface area contributed by atoms with Gasteiger partial charge in [0, 0.05) is 50.1 Å². The van der Waals surface area contributed by atoms with Gasteiger partial charge in [-0.15, -0.1) is 0 Å². The number of hydrogen-bond acceptors (Lipinski definition) is 5. The molecule has 1 saturated carbocycles. The van der Waals surface area contributed by atoms with Crippen LogP contribution in [-0.2, 0) is 4.74 Å². The lowest BCUT2D eigenvalue weighted by Gasteiger charge is -2.30. The number of methoxy groups -OCH3 is 1. The molecule has 1 N–H and O–H groups in total. The van der Waals surface area contributed by atoms with Crippen molar-refractivity contribution < 1.29 is 9.53 Å². The first-order chi connectivity index (χ1) is 12.2. The molecule has 6 heteroatoms. The third-order valence-electron chi connectivity index (χ3n) is 5.52. The number of likely N-dealkylation sites (tertiary alicyclic amines) is 1. The van der Waals surface area contributed by atoms with Crippen LogP contribution in [0.5, 0.6) is 0 Å². The number of rotatable bonds is 4. The lowest BCUT2D eigenvalue weighted by Crippen LogP contribution is -2.48. The van der Waals surface area contributed by atoms with Crippen LogP contribution in [0.2, 0.25) is 0 Å². The Kier molecular flexibility index (Phi) is 4.63. The van der Waals surface area contributed by atoms with Crippen LogP contribution < -0.4 is 5.32 Å². The average molecular weight is 340 g/mol. The molecular formula is C19H24N4O2. The highest BCUT2D eigenvalue weighted by molar-refractivity contribution is 5.97. The molecule has 6 nitrogen and oxygen atoms in total. The highest BCUT2D eigenvalue weighted by Gasteiger charge is 2.36. The average Bonchev–Trinajstić information content (AvgIpc) is 3.30. The molecule has 0 radical (unpaired) electrons. The summed E-state index contributed by atoms with van der Waals surface area (Å²) in [6.07, 6.45) is 9.82. The van der Waals surface area contributed by atoms with Crippen molar-refractivity contribution in [3.05, 3.63) is 36.3 Å². The van der Waals surface area contributed by atoms with Crippen LogP contribution in [0.4, 0.5) is 0 Å². The zero-order valence-corrected chi connectivity index (χ0v) is 14.5. The molecule has 3 atom stereocenters. The summed E-state index contributed by atoms with van der Waals surface area (Å²) in [6.45, 7) is 2.03. The Bertz CT molecular complexity index is 766. The van der Waals surface area contributed by atoms with Crippen molar-refractivity contribution in [2.45, 2.75) is 43.9 Å². The molecule has 2 aromatic heterocycles. The van der Waals surface area contributed by atoms with E-state index in [0.29, 0.717) is 17.7 Å². The van der Waals surface area contributed by atoms with E-state index < -0.39 is 0 Å². The first-order valence-electron chi connectivity index (χ1n) is 9.02. The minimum atomic E-state index is -0.0365. The molecule has 1 aliphatic heterocycles. The van der Waals surface area contributed by atoms with Crippen molar-refractivity contribution in [1.82, 2.24) is 20.2 Å². The SMILES string of the molecule is COC1CCN([C@H]2CCC[C@H]2NC(=O)c2cnc3cnccc3c2)C1. The van der Waals surface area contributed by atoms with Gasteiger partial charge in [0.25, 0.3) is 5.91 Å². The molecule has 0 bridgehead atoms. The summed E-state index contributed by atoms with van der Waals surface area (Å²) < 4.78 is 5.49. The van der Waals surface area contributed by atoms with E-state index in [2.05, 4.69) is 20.2 Å². The van der Waals surface area contributed by atoms with Crippen LogP contribution in [0.1, 0.15) is 36.0 Å². The number of aromatic nitrogens is 2. The molecule has 1 unspecified atom stereocenters. The van der Waals surface area contributed by atoms with Crippen molar-refractivity contribution in [2.24, 2.45) is 0 Å². The molecule has 132 valence electrons. The minimum Gasteiger partial charge on any atom is -0.380 e. The van der Waals surface area contributed by atoms with Crippen LogP contribution >= 0.6 is 0 Å². The van der Waals surface area contributed by atoms with Gasteiger partial charge in [-0.05, 0) is 37.8 Å². The molecule has 0 aromatic carbocycles. The van der Waals surface area contributed by atoms with Crippen molar-refractivity contribution in [3.8, 4) is 0 Å². The molecule has 1 aliphatic carbocycles. The minimum absolute atomic E-state index is 0.0365. The lowest BCUT2D eigenvalue weighted by molar-refractivity contribution is 0.0872. The van der Waals surface area contributed by atoms with Gasteiger partial charge in [-0.2, -0.15) is 0 Å². The number of amides is 1. The summed E-state index contributed by atoms with van der Waals surface area (Å²) in [7, 11) is 1.78. The number of carbonyl (C=O) groups is 1. The molecule has 2 aliphatic rings. The van der Waals surface area contributed by atoms with Crippen molar-refractivity contribution >= 4 is 16.8 Å². The molecule has 1 amide bonds. The third-order valence-corrected chi connectivity index (χ3v) is 5.52. The predicted molar refractivity (Wildman–Crippen MR) is 95.4 cm³/mol. The quantitative estimate of drug-likeness (QED) is 0.922. The molecule has 2 fully saturated rings. The highest BCUT2D eigenvalue weighted by atomic mass is 16.5. The summed E-state index contributed by atoms with van der Waals surface area (Å²) in [6, 6.07) is 4.39. The van der Waals surface area contributed by atoms with Crippen LogP contribution in [0.25, 0.3) is 10.9 Å². The first kappa shape index (κ1) is 16.4. The van der Waals surface area contributed by atoms with E-state index in [1.807, 2.05) is 12.1 Å². The molecule has 1 saturated heterocycles. The maximum atomic E-state index is 12.7. The van der Waals surface area contributed by atoms with Gasteiger partial charge >= 0.3 is 0 Å². The van der Waals surface area contributed by atoms with Gasteiger partial charge in [-0.3, -0.25) is 19.7 Å². The molecule has 2 aromatic rings. The maximum Gasteiger partial charge on any atom is 0.253 e. The summed E-state index contributed by atoms with van der Waals surface area (Å²) >= 11 is 0. The standard InChI is InChI=1S/C19H24N4O2/c1-25-15-6-8-23(12-15)18-4-2-3-16(18)22-19(24)14-9-13-5-7-20-11-17(13)21-10-14/h5,7,9-11,15-16,18H,2-4,6,8,12H2,1H3,(H,22,24)/t15?,16-,18+/m1/s1. The molecule has 4 rings (SSSR count). The van der Waals surface area contributed by atoms with E-state index >= 15 is 0 Å². The van der Waals surface area contributed by atoms with Gasteiger partial charge in [-0.25, -0.2) is 0 Å². The Hall–Kier alpha value is -2.05. The largest absolute Gasteiger partial charge is 0.380 e. The number of nitrogens with zero attached hydrogens (tertiary/aromatic N) is 3. The number of hydrogen-bond donors (Lipinski definition) is 1. The van der Waals surface area contributed by atoms with Gasteiger partial charge < -0.3 is 10.1 Å². The Balaban J connectivity index is 1.45. The van der Waals surface area contributed by atoms with Crippen molar-refractivity contribution in [1.29, 1.82) is 0 Å². The van der Waals surface area contributed by atoms with Gasteiger partial charge in [0.1, 0.15) is 0 Å². The fourth-order valence-electron chi connectivity index (χ4n) is 4.14. The fourth-order valence-corrected chi connectivity index (χ4v) is 4.14. The first-order valence-corrected chi connectivity index (χ1v) is 9.02. The van der Waals surface area contributed by atoms with Gasteiger partial charge in [-0.1, -0.05) is 0 Å². The van der Waals surface area contributed by atoms with Gasteiger partial charge in [0.05, 0.1) is 23.4 Å². The molecule has 0 spiro atoms. The Morgan fingerprint density at radius 1 is 1.32 bits per heavy atom. The van der Waals surface area contributed by atoms with Crippen molar-refractivity contribution in [2.75, 3.05) is 20.2 Å². The summed E-state index contributed by atoms with van der Waals surface area (Å²) in [5.74, 6) is -0.0365. The van der Waals surface area contributed by atoms with E-state index in [0.717, 1.165) is 49.7 Å². The van der Waals surface area contributed by atoms with Crippen LogP contribution in [0.15, 0.2) is 30.7 Å². The monoisotopic (exact) mass is 340 g/mol. The highest BCUT2D eigenvalue weighted by Crippen LogP contribution is 2.28. The third kappa shape index (κ3) is 3.37. The summed E-state index contributed by atoms with van der Waals surface area (Å²) in [4.78, 5) is 23.6. The topological polar surface area (TPSA) is 67.3 Å². The van der Waals surface area contributed by atoms with E-state index in [1.165, 1.54) is 0 Å². The Morgan fingerprint density at radius 2 is 2.24 bits per heavy atom. The normalized spacial score (nSPS) is 27.0. The molecule has 25 heavy (non-hydrogen) atoms. The van der Waals surface area contributed by atoms with Gasteiger partial charge in [0.15, 0.2) is 0 Å². The van der Waals surface area contributed by atoms with Crippen molar-refractivity contribution in [3.63, 3.8) is 0 Å². The maximum absolute atomic E-state index is 12.7. The number of pyridine rings is 2. The zero-order chi connectivity index (χ0) is 17.2. The number of carbonyl (C=O) groups excluding carboxylic acids is 1. The number of nitrogens with one attached hydrogen (secondary N) is 1. The van der Waals surface area contributed by atoms with E-state index in [4.69, 9.17) is 4.74 Å². The second-order valence-corrected chi connectivity index (χ2v) is 7.01.